The molecule has 0 saturated heterocycles. The number of aliphatic hydroxyl groups excluding tert-OH is 1. The van der Waals surface area contributed by atoms with Gasteiger partial charge in [-0.25, -0.2) is 0 Å². The summed E-state index contributed by atoms with van der Waals surface area (Å²) < 4.78 is 0. The minimum Gasteiger partial charge on any atom is -0.409 e. The second-order valence-corrected chi connectivity index (χ2v) is 6.05. The summed E-state index contributed by atoms with van der Waals surface area (Å²) in [6, 6.07) is 5.31. The molecule has 1 aromatic rings. The third kappa shape index (κ3) is 3.87. The Morgan fingerprint density at radius 2 is 2.05 bits per heavy atom. The van der Waals surface area contributed by atoms with Gasteiger partial charge in [0, 0.05) is 22.7 Å². The van der Waals surface area contributed by atoms with Gasteiger partial charge in [0.15, 0.2) is 5.84 Å². The maximum atomic E-state index is 9.68. The average Bonchev–Trinajstić information content (AvgIpc) is 2.53. The summed E-state index contributed by atoms with van der Waals surface area (Å²) in [5, 5.41) is 25.3. The van der Waals surface area contributed by atoms with Gasteiger partial charge < -0.3 is 21.4 Å². The van der Waals surface area contributed by atoms with E-state index in [0.717, 1.165) is 31.2 Å². The van der Waals surface area contributed by atoms with Gasteiger partial charge in [-0.3, -0.25) is 0 Å². The van der Waals surface area contributed by atoms with Gasteiger partial charge in [0.25, 0.3) is 0 Å². The van der Waals surface area contributed by atoms with E-state index in [1.807, 2.05) is 6.07 Å². The molecule has 0 radical (unpaired) electrons. The van der Waals surface area contributed by atoms with Gasteiger partial charge in [-0.2, -0.15) is 0 Å². The Morgan fingerprint density at radius 3 is 2.62 bits per heavy atom. The molecule has 0 aromatic heterocycles. The fraction of sp³-hybridized carbons (Fsp3) is 0.533. The van der Waals surface area contributed by atoms with E-state index in [1.54, 1.807) is 12.1 Å². The van der Waals surface area contributed by atoms with Crippen molar-refractivity contribution in [1.29, 1.82) is 0 Å². The third-order valence-corrected chi connectivity index (χ3v) is 4.58. The molecule has 1 aromatic carbocycles. The van der Waals surface area contributed by atoms with E-state index in [0.29, 0.717) is 17.1 Å². The van der Waals surface area contributed by atoms with Gasteiger partial charge in [0.05, 0.1) is 6.61 Å². The van der Waals surface area contributed by atoms with Crippen molar-refractivity contribution in [2.75, 3.05) is 6.61 Å². The van der Waals surface area contributed by atoms with Gasteiger partial charge >= 0.3 is 0 Å². The summed E-state index contributed by atoms with van der Waals surface area (Å²) in [6.07, 6.45) is 5.50. The molecule has 0 amide bonds. The Balaban J connectivity index is 2.06. The molecule has 0 spiro atoms. The van der Waals surface area contributed by atoms with Crippen molar-refractivity contribution in [3.8, 4) is 0 Å². The van der Waals surface area contributed by atoms with Crippen LogP contribution in [-0.2, 0) is 6.54 Å². The van der Waals surface area contributed by atoms with Gasteiger partial charge in [-0.1, -0.05) is 48.2 Å². The molecule has 1 saturated carbocycles. The Bertz CT molecular complexity index is 514. The Morgan fingerprint density at radius 1 is 1.33 bits per heavy atom. The minimum absolute atomic E-state index is 0.0375. The number of hydrogen-bond donors (Lipinski definition) is 4. The summed E-state index contributed by atoms with van der Waals surface area (Å²) >= 11 is 6.24. The standard InChI is InChI=1S/C15H22ClN3O2/c16-13-8-11(14(17)19-21)4-5-12(13)9-18-15(10-20)6-2-1-3-7-15/h4-5,8,18,20-21H,1-3,6-7,9-10H2,(H2,17,19). The van der Waals surface area contributed by atoms with E-state index in [4.69, 9.17) is 22.5 Å². The van der Waals surface area contributed by atoms with E-state index in [-0.39, 0.29) is 18.0 Å². The van der Waals surface area contributed by atoms with E-state index in [2.05, 4.69) is 10.5 Å². The Hall–Kier alpha value is -1.30. The molecule has 1 aliphatic carbocycles. The van der Waals surface area contributed by atoms with E-state index >= 15 is 0 Å². The lowest BCUT2D eigenvalue weighted by molar-refractivity contribution is 0.119. The quantitative estimate of drug-likeness (QED) is 0.290. The number of nitrogens with one attached hydrogen (secondary N) is 1. The van der Waals surface area contributed by atoms with Crippen molar-refractivity contribution >= 4 is 17.4 Å². The highest BCUT2D eigenvalue weighted by Gasteiger charge is 2.30. The molecule has 21 heavy (non-hydrogen) atoms. The molecule has 0 bridgehead atoms. The zero-order valence-electron chi connectivity index (χ0n) is 12.0. The maximum absolute atomic E-state index is 9.68. The first kappa shape index (κ1) is 16.1. The van der Waals surface area contributed by atoms with Crippen LogP contribution in [-0.4, -0.2) is 28.3 Å². The number of hydrogen-bond acceptors (Lipinski definition) is 4. The van der Waals surface area contributed by atoms with Crippen LogP contribution < -0.4 is 11.1 Å². The second-order valence-electron chi connectivity index (χ2n) is 5.64. The van der Waals surface area contributed by atoms with Crippen LogP contribution in [0.2, 0.25) is 5.02 Å². The molecule has 2 rings (SSSR count). The topological polar surface area (TPSA) is 90.9 Å². The molecular weight excluding hydrogens is 290 g/mol. The summed E-state index contributed by atoms with van der Waals surface area (Å²) in [7, 11) is 0. The fourth-order valence-electron chi connectivity index (χ4n) is 2.81. The largest absolute Gasteiger partial charge is 0.409 e. The van der Waals surface area contributed by atoms with Crippen molar-refractivity contribution < 1.29 is 10.3 Å². The first-order valence-corrected chi connectivity index (χ1v) is 7.60. The molecule has 5 nitrogen and oxygen atoms in total. The minimum atomic E-state index is -0.189. The summed E-state index contributed by atoms with van der Waals surface area (Å²) in [5.74, 6) is 0.0375. The highest BCUT2D eigenvalue weighted by Crippen LogP contribution is 2.28. The van der Waals surface area contributed by atoms with Crippen LogP contribution in [0.1, 0.15) is 43.2 Å². The van der Waals surface area contributed by atoms with Gasteiger partial charge in [-0.05, 0) is 24.5 Å². The third-order valence-electron chi connectivity index (χ3n) is 4.22. The first-order chi connectivity index (χ1) is 10.1. The predicted molar refractivity (Wildman–Crippen MR) is 83.7 cm³/mol. The Labute approximate surface area is 129 Å². The monoisotopic (exact) mass is 311 g/mol. The van der Waals surface area contributed by atoms with Gasteiger partial charge in [0.1, 0.15) is 0 Å². The second kappa shape index (κ2) is 7.11. The number of nitrogens with zero attached hydrogens (tertiary/aromatic N) is 1. The normalized spacial score (nSPS) is 18.7. The van der Waals surface area contributed by atoms with Crippen molar-refractivity contribution in [2.45, 2.75) is 44.2 Å². The van der Waals surface area contributed by atoms with Crippen molar-refractivity contribution in [2.24, 2.45) is 10.9 Å². The maximum Gasteiger partial charge on any atom is 0.170 e. The van der Waals surface area contributed by atoms with E-state index in [1.165, 1.54) is 6.42 Å². The zero-order valence-corrected chi connectivity index (χ0v) is 12.7. The smallest absolute Gasteiger partial charge is 0.170 e. The fourth-order valence-corrected chi connectivity index (χ4v) is 3.06. The molecule has 1 fully saturated rings. The number of amidine groups is 1. The van der Waals surface area contributed by atoms with E-state index < -0.39 is 0 Å². The molecule has 0 atom stereocenters. The predicted octanol–water partition coefficient (Wildman–Crippen LogP) is 2.22. The van der Waals surface area contributed by atoms with Crippen LogP contribution in [0.15, 0.2) is 23.4 Å². The summed E-state index contributed by atoms with van der Waals surface area (Å²) in [5.41, 5.74) is 6.87. The highest BCUT2D eigenvalue weighted by molar-refractivity contribution is 6.31. The van der Waals surface area contributed by atoms with Crippen LogP contribution in [0.25, 0.3) is 0 Å². The summed E-state index contributed by atoms with van der Waals surface area (Å²) in [4.78, 5) is 0. The highest BCUT2D eigenvalue weighted by atomic mass is 35.5. The lowest BCUT2D eigenvalue weighted by Crippen LogP contribution is -2.49. The van der Waals surface area contributed by atoms with Gasteiger partial charge in [0.2, 0.25) is 0 Å². The molecule has 5 N–H and O–H groups in total. The van der Waals surface area contributed by atoms with Crippen LogP contribution in [0.3, 0.4) is 0 Å². The molecule has 0 aliphatic heterocycles. The number of benzene rings is 1. The van der Waals surface area contributed by atoms with Crippen molar-refractivity contribution in [1.82, 2.24) is 5.32 Å². The zero-order chi connectivity index (χ0) is 15.3. The number of aliphatic hydroxyl groups is 1. The molecule has 6 heteroatoms. The molecule has 0 heterocycles. The molecule has 116 valence electrons. The molecular formula is C15H22ClN3O2. The van der Waals surface area contributed by atoms with Gasteiger partial charge in [-0.15, -0.1) is 0 Å². The number of halogens is 1. The Kier molecular flexibility index (Phi) is 5.45. The lowest BCUT2D eigenvalue weighted by atomic mass is 9.82. The number of rotatable bonds is 5. The van der Waals surface area contributed by atoms with Crippen LogP contribution in [0.5, 0.6) is 0 Å². The SMILES string of the molecule is N/C(=N/O)c1ccc(CNC2(CO)CCCCC2)c(Cl)c1. The van der Waals surface area contributed by atoms with Crippen molar-refractivity contribution in [3.63, 3.8) is 0 Å². The lowest BCUT2D eigenvalue weighted by Gasteiger charge is -2.36. The molecule has 0 unspecified atom stereocenters. The van der Waals surface area contributed by atoms with Crippen LogP contribution in [0, 0.1) is 0 Å². The summed E-state index contributed by atoms with van der Waals surface area (Å²) in [6.45, 7) is 0.739. The first-order valence-electron chi connectivity index (χ1n) is 7.22. The number of nitrogens with two attached hydrogens (primary N) is 1. The average molecular weight is 312 g/mol. The number of oxime groups is 1. The van der Waals surface area contributed by atoms with Crippen LogP contribution >= 0.6 is 11.6 Å². The van der Waals surface area contributed by atoms with Crippen LogP contribution in [0.4, 0.5) is 0 Å². The van der Waals surface area contributed by atoms with Crippen molar-refractivity contribution in [3.05, 3.63) is 34.3 Å². The van der Waals surface area contributed by atoms with E-state index in [9.17, 15) is 5.11 Å². The molecule has 1 aliphatic rings.